The maximum atomic E-state index is 11.0. The number of rotatable bonds is 0. The lowest BCUT2D eigenvalue weighted by molar-refractivity contribution is -0.139. The van der Waals surface area contributed by atoms with E-state index in [0.29, 0.717) is 6.04 Å². The van der Waals surface area contributed by atoms with Crippen LogP contribution in [0.4, 0.5) is 0 Å². The van der Waals surface area contributed by atoms with Crippen molar-refractivity contribution < 1.29 is 9.53 Å². The molecule has 3 atom stereocenters. The summed E-state index contributed by atoms with van der Waals surface area (Å²) in [4.78, 5) is 11.0. The van der Waals surface area contributed by atoms with Crippen molar-refractivity contribution in [2.75, 3.05) is 6.61 Å². The predicted molar refractivity (Wildman–Crippen MR) is 44.7 cm³/mol. The van der Waals surface area contributed by atoms with E-state index < -0.39 is 0 Å². The molecule has 0 spiro atoms. The molecular formula is C9H15NO2. The van der Waals surface area contributed by atoms with Gasteiger partial charge in [0.15, 0.2) is 0 Å². The molecule has 68 valence electrons. The Hall–Kier alpha value is -0.570. The topological polar surface area (TPSA) is 38.3 Å². The lowest BCUT2D eigenvalue weighted by Crippen LogP contribution is -2.53. The number of hydrogen-bond donors (Lipinski definition) is 1. The zero-order valence-electron chi connectivity index (χ0n) is 7.38. The molecule has 1 amide bonds. The number of amides is 1. The summed E-state index contributed by atoms with van der Waals surface area (Å²) in [6.07, 6.45) is 3.68. The van der Waals surface area contributed by atoms with Crippen LogP contribution in [0, 0.1) is 5.92 Å². The summed E-state index contributed by atoms with van der Waals surface area (Å²) in [7, 11) is 0. The van der Waals surface area contributed by atoms with E-state index in [2.05, 4.69) is 12.2 Å². The number of nitrogens with one attached hydrogen (secondary N) is 1. The van der Waals surface area contributed by atoms with E-state index in [-0.39, 0.29) is 18.6 Å². The Bertz CT molecular complexity index is 193. The van der Waals surface area contributed by atoms with Crippen LogP contribution < -0.4 is 5.32 Å². The van der Waals surface area contributed by atoms with Crippen LogP contribution in [0.1, 0.15) is 26.2 Å². The van der Waals surface area contributed by atoms with Gasteiger partial charge in [-0.25, -0.2) is 0 Å². The highest BCUT2D eigenvalue weighted by Crippen LogP contribution is 2.27. The van der Waals surface area contributed by atoms with Gasteiger partial charge < -0.3 is 10.1 Å². The van der Waals surface area contributed by atoms with Gasteiger partial charge in [0, 0.05) is 0 Å². The molecule has 3 nitrogen and oxygen atoms in total. The van der Waals surface area contributed by atoms with Crippen molar-refractivity contribution in [2.45, 2.75) is 38.3 Å². The molecule has 2 aliphatic rings. The van der Waals surface area contributed by atoms with Gasteiger partial charge in [0.05, 0.1) is 12.1 Å². The van der Waals surface area contributed by atoms with Crippen LogP contribution in [0.15, 0.2) is 0 Å². The summed E-state index contributed by atoms with van der Waals surface area (Å²) in [6, 6.07) is 0.294. The molecule has 3 heteroatoms. The highest BCUT2D eigenvalue weighted by Gasteiger charge is 2.33. The van der Waals surface area contributed by atoms with E-state index in [0.717, 1.165) is 18.8 Å². The maximum absolute atomic E-state index is 11.0. The lowest BCUT2D eigenvalue weighted by atomic mass is 9.84. The predicted octanol–water partition coefficient (Wildman–Crippen LogP) is 0.690. The summed E-state index contributed by atoms with van der Waals surface area (Å²) in [5.74, 6) is 0.798. The second-order valence-corrected chi connectivity index (χ2v) is 3.94. The number of fused-ring (bicyclic) bond motifs is 1. The molecule has 1 aliphatic heterocycles. The minimum absolute atomic E-state index is 0.0470. The molecule has 0 aromatic carbocycles. The van der Waals surface area contributed by atoms with Crippen LogP contribution in [-0.4, -0.2) is 24.7 Å². The molecule has 0 bridgehead atoms. The number of hydrogen-bond acceptors (Lipinski definition) is 2. The van der Waals surface area contributed by atoms with Crippen LogP contribution in [0.3, 0.4) is 0 Å². The van der Waals surface area contributed by atoms with Gasteiger partial charge in [-0.2, -0.15) is 0 Å². The third kappa shape index (κ3) is 1.46. The van der Waals surface area contributed by atoms with Gasteiger partial charge in [-0.15, -0.1) is 0 Å². The standard InChI is InChI=1S/C9H15NO2/c1-6-2-3-7-8(4-6)12-5-9(11)10-7/h6-8H,2-5H2,1H3,(H,10,11)/t6-,7-,8-/m1/s1. The SMILES string of the molecule is C[C@@H]1CC[C@H]2NC(=O)CO[C@@H]2C1. The second-order valence-electron chi connectivity index (χ2n) is 3.94. The van der Waals surface area contributed by atoms with Crippen molar-refractivity contribution >= 4 is 5.91 Å². The normalized spacial score (nSPS) is 41.8. The van der Waals surface area contributed by atoms with Crippen LogP contribution in [0.25, 0.3) is 0 Å². The van der Waals surface area contributed by atoms with Crippen LogP contribution in [0.5, 0.6) is 0 Å². The quantitative estimate of drug-likeness (QED) is 0.579. The van der Waals surface area contributed by atoms with Gasteiger partial charge in [-0.1, -0.05) is 6.92 Å². The smallest absolute Gasteiger partial charge is 0.246 e. The third-order valence-electron chi connectivity index (χ3n) is 2.83. The molecule has 1 saturated heterocycles. The number of carbonyl (C=O) groups is 1. The Morgan fingerprint density at radius 2 is 2.33 bits per heavy atom. The number of carbonyl (C=O) groups excluding carboxylic acids is 1. The molecule has 1 heterocycles. The first-order valence-corrected chi connectivity index (χ1v) is 4.66. The van der Waals surface area contributed by atoms with Crippen molar-refractivity contribution in [3.8, 4) is 0 Å². The molecule has 1 saturated carbocycles. The fraction of sp³-hybridized carbons (Fsp3) is 0.889. The first kappa shape index (κ1) is 8.05. The second kappa shape index (κ2) is 3.05. The fourth-order valence-electron chi connectivity index (χ4n) is 2.11. The summed E-state index contributed by atoms with van der Waals surface area (Å²) < 4.78 is 5.45. The zero-order chi connectivity index (χ0) is 8.55. The molecule has 2 fully saturated rings. The van der Waals surface area contributed by atoms with Crippen LogP contribution >= 0.6 is 0 Å². The summed E-state index contributed by atoms with van der Waals surface area (Å²) in [5, 5.41) is 2.97. The van der Waals surface area contributed by atoms with E-state index in [9.17, 15) is 4.79 Å². The highest BCUT2D eigenvalue weighted by atomic mass is 16.5. The van der Waals surface area contributed by atoms with Gasteiger partial charge in [0.2, 0.25) is 5.91 Å². The van der Waals surface area contributed by atoms with Crippen molar-refractivity contribution in [1.82, 2.24) is 5.32 Å². The third-order valence-corrected chi connectivity index (χ3v) is 2.83. The van der Waals surface area contributed by atoms with Gasteiger partial charge in [-0.05, 0) is 25.2 Å². The van der Waals surface area contributed by atoms with Crippen molar-refractivity contribution in [3.63, 3.8) is 0 Å². The van der Waals surface area contributed by atoms with Gasteiger partial charge in [0.1, 0.15) is 6.61 Å². The molecule has 0 aromatic heterocycles. The summed E-state index contributed by atoms with van der Waals surface area (Å²) in [5.41, 5.74) is 0. The van der Waals surface area contributed by atoms with Crippen molar-refractivity contribution in [2.24, 2.45) is 5.92 Å². The molecule has 2 rings (SSSR count). The molecule has 1 N–H and O–H groups in total. The van der Waals surface area contributed by atoms with Crippen LogP contribution in [-0.2, 0) is 9.53 Å². The van der Waals surface area contributed by atoms with Crippen LogP contribution in [0.2, 0.25) is 0 Å². The average Bonchev–Trinajstić information content (AvgIpc) is 2.05. The fourth-order valence-corrected chi connectivity index (χ4v) is 2.11. The van der Waals surface area contributed by atoms with E-state index in [1.165, 1.54) is 6.42 Å². The largest absolute Gasteiger partial charge is 0.366 e. The zero-order valence-corrected chi connectivity index (χ0v) is 7.38. The van der Waals surface area contributed by atoms with E-state index in [1.807, 2.05) is 0 Å². The Morgan fingerprint density at radius 3 is 3.17 bits per heavy atom. The minimum atomic E-state index is 0.0470. The molecular weight excluding hydrogens is 154 g/mol. The Labute approximate surface area is 72.5 Å². The molecule has 0 radical (unpaired) electrons. The summed E-state index contributed by atoms with van der Waals surface area (Å²) in [6.45, 7) is 2.50. The number of morpholine rings is 1. The molecule has 1 aliphatic carbocycles. The Kier molecular flexibility index (Phi) is 2.05. The molecule has 12 heavy (non-hydrogen) atoms. The number of ether oxygens (including phenoxy) is 1. The van der Waals surface area contributed by atoms with Gasteiger partial charge in [-0.3, -0.25) is 4.79 Å². The Balaban J connectivity index is 1.98. The summed E-state index contributed by atoms with van der Waals surface area (Å²) >= 11 is 0. The Morgan fingerprint density at radius 1 is 1.50 bits per heavy atom. The van der Waals surface area contributed by atoms with Gasteiger partial charge >= 0.3 is 0 Å². The van der Waals surface area contributed by atoms with Crippen molar-refractivity contribution in [1.29, 1.82) is 0 Å². The minimum Gasteiger partial charge on any atom is -0.366 e. The highest BCUT2D eigenvalue weighted by molar-refractivity contribution is 5.78. The first-order chi connectivity index (χ1) is 5.75. The average molecular weight is 169 g/mol. The lowest BCUT2D eigenvalue weighted by Gasteiger charge is -2.38. The van der Waals surface area contributed by atoms with E-state index in [4.69, 9.17) is 4.74 Å². The first-order valence-electron chi connectivity index (χ1n) is 4.66. The van der Waals surface area contributed by atoms with E-state index >= 15 is 0 Å². The monoisotopic (exact) mass is 169 g/mol. The van der Waals surface area contributed by atoms with E-state index in [1.54, 1.807) is 0 Å². The maximum Gasteiger partial charge on any atom is 0.246 e. The van der Waals surface area contributed by atoms with Gasteiger partial charge in [0.25, 0.3) is 0 Å². The van der Waals surface area contributed by atoms with Crippen molar-refractivity contribution in [3.05, 3.63) is 0 Å². The molecule has 0 aromatic rings. The molecule has 0 unspecified atom stereocenters.